The van der Waals surface area contributed by atoms with E-state index in [9.17, 15) is 4.79 Å². The summed E-state index contributed by atoms with van der Waals surface area (Å²) in [5.41, 5.74) is 2.48. The lowest BCUT2D eigenvalue weighted by molar-refractivity contribution is 0.921. The van der Waals surface area contributed by atoms with Crippen LogP contribution in [0.1, 0.15) is 0 Å². The maximum absolute atomic E-state index is 11.1. The monoisotopic (exact) mass is 210 g/mol. The molecule has 0 aromatic carbocycles. The molecule has 2 aromatic rings. The summed E-state index contributed by atoms with van der Waals surface area (Å²) in [6.07, 6.45) is 4.87. The molecule has 0 unspecified atom stereocenters. The lowest BCUT2D eigenvalue weighted by Gasteiger charge is -2.04. The van der Waals surface area contributed by atoms with Crippen LogP contribution in [-0.2, 0) is 0 Å². The van der Waals surface area contributed by atoms with Crippen LogP contribution in [0.25, 0.3) is 0 Å². The number of hydrogen-bond acceptors (Lipinski definition) is 3. The molecule has 0 atom stereocenters. The molecule has 2 rings (SSSR count). The van der Waals surface area contributed by atoms with Crippen LogP contribution in [-0.4, -0.2) is 14.6 Å². The Hall–Kier alpha value is -1.75. The van der Waals surface area contributed by atoms with Crippen molar-refractivity contribution in [3.05, 3.63) is 46.1 Å². The van der Waals surface area contributed by atoms with Gasteiger partial charge in [-0.05, 0) is 12.1 Å². The van der Waals surface area contributed by atoms with Gasteiger partial charge in [0.15, 0.2) is 0 Å². The summed E-state index contributed by atoms with van der Waals surface area (Å²) in [7, 11) is 0. The fraction of sp³-hybridized carbons (Fsp3) is 0. The topological polar surface area (TPSA) is 62.7 Å². The zero-order valence-corrected chi connectivity index (χ0v) is 7.82. The van der Waals surface area contributed by atoms with E-state index >= 15 is 0 Å². The van der Waals surface area contributed by atoms with Gasteiger partial charge < -0.3 is 0 Å². The zero-order valence-electron chi connectivity index (χ0n) is 7.07. The Bertz CT molecular complexity index is 476. The maximum atomic E-state index is 11.1. The third kappa shape index (κ3) is 1.77. The molecule has 0 bridgehead atoms. The van der Waals surface area contributed by atoms with Gasteiger partial charge in [0.2, 0.25) is 5.95 Å². The van der Waals surface area contributed by atoms with Crippen LogP contribution in [0, 0.1) is 0 Å². The number of rotatable bonds is 2. The van der Waals surface area contributed by atoms with E-state index in [2.05, 4.69) is 15.4 Å². The summed E-state index contributed by atoms with van der Waals surface area (Å²) in [4.78, 5) is 17.5. The Morgan fingerprint density at radius 3 is 2.79 bits per heavy atom. The molecule has 0 spiro atoms. The molecule has 0 fully saturated rings. The van der Waals surface area contributed by atoms with Gasteiger partial charge in [-0.1, -0.05) is 11.6 Å². The predicted octanol–water partition coefficient (Wildman–Crippen LogP) is 1.10. The highest BCUT2D eigenvalue weighted by Gasteiger charge is 1.98. The number of nitrogens with one attached hydrogen (secondary N) is 2. The standard InChI is InChI=1S/C8H7ClN4O/c9-6-5-10-8(11-7(6)14)12-13-3-1-2-4-13/h1-5H,(H2,10,11,12,14). The van der Waals surface area contributed by atoms with E-state index in [1.54, 1.807) is 17.1 Å². The first-order valence-corrected chi connectivity index (χ1v) is 4.28. The molecule has 5 nitrogen and oxygen atoms in total. The summed E-state index contributed by atoms with van der Waals surface area (Å²) in [5, 5.41) is 0.0723. The molecule has 0 amide bonds. The highest BCUT2D eigenvalue weighted by molar-refractivity contribution is 6.30. The average molecular weight is 211 g/mol. The van der Waals surface area contributed by atoms with Crippen molar-refractivity contribution in [1.29, 1.82) is 0 Å². The van der Waals surface area contributed by atoms with Crippen LogP contribution < -0.4 is 11.0 Å². The number of anilines is 1. The molecule has 0 radical (unpaired) electrons. The Labute approximate surface area is 84.3 Å². The lowest BCUT2D eigenvalue weighted by atomic mass is 10.6. The molecule has 14 heavy (non-hydrogen) atoms. The van der Waals surface area contributed by atoms with Crippen LogP contribution in [0.2, 0.25) is 5.02 Å². The third-order valence-electron chi connectivity index (χ3n) is 1.60. The first-order valence-electron chi connectivity index (χ1n) is 3.90. The quantitative estimate of drug-likeness (QED) is 0.780. The predicted molar refractivity (Wildman–Crippen MR) is 53.3 cm³/mol. The van der Waals surface area contributed by atoms with Crippen molar-refractivity contribution in [2.24, 2.45) is 0 Å². The number of halogens is 1. The highest BCUT2D eigenvalue weighted by atomic mass is 35.5. The number of nitrogens with zero attached hydrogens (tertiary/aromatic N) is 2. The Balaban J connectivity index is 2.26. The molecule has 0 aliphatic heterocycles. The van der Waals surface area contributed by atoms with Gasteiger partial charge in [-0.25, -0.2) is 4.98 Å². The van der Waals surface area contributed by atoms with Gasteiger partial charge in [0.1, 0.15) is 5.02 Å². The van der Waals surface area contributed by atoms with E-state index < -0.39 is 0 Å². The number of aromatic nitrogens is 3. The summed E-state index contributed by atoms with van der Waals surface area (Å²) in [5.74, 6) is 0.343. The number of H-pyrrole nitrogens is 1. The van der Waals surface area contributed by atoms with E-state index in [1.165, 1.54) is 6.20 Å². The summed E-state index contributed by atoms with van der Waals surface area (Å²) >= 11 is 5.52. The van der Waals surface area contributed by atoms with Crippen LogP contribution >= 0.6 is 11.6 Å². The van der Waals surface area contributed by atoms with Crippen molar-refractivity contribution >= 4 is 17.5 Å². The molecule has 0 saturated carbocycles. The van der Waals surface area contributed by atoms with Crippen LogP contribution in [0.4, 0.5) is 5.95 Å². The molecule has 2 heterocycles. The van der Waals surface area contributed by atoms with E-state index in [1.807, 2.05) is 12.1 Å². The van der Waals surface area contributed by atoms with Gasteiger partial charge in [-0.3, -0.25) is 19.9 Å². The van der Waals surface area contributed by atoms with Crippen LogP contribution in [0.15, 0.2) is 35.5 Å². The largest absolute Gasteiger partial charge is 0.290 e. The molecular weight excluding hydrogens is 204 g/mol. The number of hydrogen-bond donors (Lipinski definition) is 2. The van der Waals surface area contributed by atoms with Gasteiger partial charge >= 0.3 is 0 Å². The van der Waals surface area contributed by atoms with Crippen molar-refractivity contribution in [1.82, 2.24) is 14.6 Å². The summed E-state index contributed by atoms with van der Waals surface area (Å²) in [6, 6.07) is 3.70. The van der Waals surface area contributed by atoms with Crippen molar-refractivity contribution < 1.29 is 0 Å². The minimum Gasteiger partial charge on any atom is -0.290 e. The molecule has 2 aromatic heterocycles. The van der Waals surface area contributed by atoms with Crippen LogP contribution in [0.5, 0.6) is 0 Å². The maximum Gasteiger partial charge on any atom is 0.271 e. The van der Waals surface area contributed by atoms with Gasteiger partial charge in [-0.15, -0.1) is 0 Å². The van der Waals surface area contributed by atoms with E-state index in [0.717, 1.165) is 0 Å². The Morgan fingerprint density at radius 2 is 2.14 bits per heavy atom. The molecular formula is C8H7ClN4O. The van der Waals surface area contributed by atoms with Gasteiger partial charge in [0, 0.05) is 12.4 Å². The first kappa shape index (κ1) is 8.83. The highest BCUT2D eigenvalue weighted by Crippen LogP contribution is 2.00. The average Bonchev–Trinajstić information content (AvgIpc) is 2.64. The summed E-state index contributed by atoms with van der Waals surface area (Å²) < 4.78 is 1.66. The van der Waals surface area contributed by atoms with E-state index in [0.29, 0.717) is 5.95 Å². The molecule has 72 valence electrons. The normalized spacial score (nSPS) is 10.1. The molecule has 0 aliphatic carbocycles. The lowest BCUT2D eigenvalue weighted by Crippen LogP contribution is -2.15. The molecule has 6 heteroatoms. The fourth-order valence-corrected chi connectivity index (χ4v) is 1.06. The SMILES string of the molecule is O=c1[nH]c(Nn2cccc2)ncc1Cl. The smallest absolute Gasteiger partial charge is 0.271 e. The van der Waals surface area contributed by atoms with Crippen molar-refractivity contribution in [3.8, 4) is 0 Å². The molecule has 0 aliphatic rings. The van der Waals surface area contributed by atoms with Gasteiger partial charge in [0.05, 0.1) is 6.20 Å². The minimum absolute atomic E-state index is 0.0723. The zero-order chi connectivity index (χ0) is 9.97. The second-order valence-electron chi connectivity index (χ2n) is 2.61. The van der Waals surface area contributed by atoms with Gasteiger partial charge in [0.25, 0.3) is 5.56 Å². The van der Waals surface area contributed by atoms with Crippen molar-refractivity contribution in [2.45, 2.75) is 0 Å². The molecule has 0 saturated heterocycles. The second kappa shape index (κ2) is 3.55. The second-order valence-corrected chi connectivity index (χ2v) is 3.02. The third-order valence-corrected chi connectivity index (χ3v) is 1.86. The molecule has 2 N–H and O–H groups in total. The summed E-state index contributed by atoms with van der Waals surface area (Å²) in [6.45, 7) is 0. The van der Waals surface area contributed by atoms with E-state index in [-0.39, 0.29) is 10.6 Å². The van der Waals surface area contributed by atoms with E-state index in [4.69, 9.17) is 11.6 Å². The number of aromatic amines is 1. The first-order chi connectivity index (χ1) is 6.75. The van der Waals surface area contributed by atoms with Crippen LogP contribution in [0.3, 0.4) is 0 Å². The Morgan fingerprint density at radius 1 is 1.43 bits per heavy atom. The minimum atomic E-state index is -0.365. The van der Waals surface area contributed by atoms with Gasteiger partial charge in [-0.2, -0.15) is 0 Å². The Kier molecular flexibility index (Phi) is 2.24. The van der Waals surface area contributed by atoms with Crippen molar-refractivity contribution in [2.75, 3.05) is 5.43 Å². The fourth-order valence-electron chi connectivity index (χ4n) is 0.968. The van der Waals surface area contributed by atoms with Crippen molar-refractivity contribution in [3.63, 3.8) is 0 Å².